The largest absolute Gasteiger partial charge is 0.341 e. The van der Waals surface area contributed by atoms with Crippen LogP contribution in [0.3, 0.4) is 0 Å². The first kappa shape index (κ1) is 13.6. The molecule has 1 aromatic rings. The predicted octanol–water partition coefficient (Wildman–Crippen LogP) is 1.18. The van der Waals surface area contributed by atoms with E-state index in [1.165, 1.54) is 25.7 Å². The van der Waals surface area contributed by atoms with Gasteiger partial charge in [-0.1, -0.05) is 0 Å². The summed E-state index contributed by atoms with van der Waals surface area (Å²) in [7, 11) is 0. The lowest BCUT2D eigenvalue weighted by atomic mass is 9.71. The van der Waals surface area contributed by atoms with E-state index in [1.54, 1.807) is 4.68 Å². The third-order valence-electron chi connectivity index (χ3n) is 4.91. The SMILES string of the molecule is Cc1ccn(CC(=O)N2CCC3(CCNCC3)CC2)n1. The van der Waals surface area contributed by atoms with Crippen LogP contribution >= 0.6 is 0 Å². The van der Waals surface area contributed by atoms with Gasteiger partial charge >= 0.3 is 0 Å². The first-order chi connectivity index (χ1) is 9.67. The molecule has 2 aliphatic rings. The van der Waals surface area contributed by atoms with E-state index in [9.17, 15) is 4.79 Å². The molecule has 0 unspecified atom stereocenters. The van der Waals surface area contributed by atoms with E-state index in [2.05, 4.69) is 10.4 Å². The van der Waals surface area contributed by atoms with E-state index < -0.39 is 0 Å². The van der Waals surface area contributed by atoms with Gasteiger partial charge < -0.3 is 10.2 Å². The average molecular weight is 276 g/mol. The molecule has 0 saturated carbocycles. The molecule has 0 atom stereocenters. The first-order valence-corrected chi connectivity index (χ1v) is 7.66. The average Bonchev–Trinajstić information content (AvgIpc) is 2.86. The molecule has 0 bridgehead atoms. The van der Waals surface area contributed by atoms with Crippen molar-refractivity contribution in [3.8, 4) is 0 Å². The van der Waals surface area contributed by atoms with Crippen molar-refractivity contribution in [1.29, 1.82) is 0 Å². The molecule has 110 valence electrons. The quantitative estimate of drug-likeness (QED) is 0.882. The predicted molar refractivity (Wildman–Crippen MR) is 77.3 cm³/mol. The van der Waals surface area contributed by atoms with Crippen LogP contribution < -0.4 is 5.32 Å². The molecule has 3 rings (SSSR count). The molecule has 2 aliphatic heterocycles. The van der Waals surface area contributed by atoms with Gasteiger partial charge in [-0.05, 0) is 57.2 Å². The molecule has 0 aliphatic carbocycles. The van der Waals surface area contributed by atoms with Gasteiger partial charge in [0.25, 0.3) is 0 Å². The Morgan fingerprint density at radius 1 is 1.30 bits per heavy atom. The summed E-state index contributed by atoms with van der Waals surface area (Å²) in [6, 6.07) is 1.94. The van der Waals surface area contributed by atoms with Crippen LogP contribution in [0.15, 0.2) is 12.3 Å². The summed E-state index contributed by atoms with van der Waals surface area (Å²) >= 11 is 0. The van der Waals surface area contributed by atoms with Crippen LogP contribution in [0.5, 0.6) is 0 Å². The molecule has 1 spiro atoms. The van der Waals surface area contributed by atoms with Gasteiger partial charge in [-0.25, -0.2) is 0 Å². The summed E-state index contributed by atoms with van der Waals surface area (Å²) < 4.78 is 1.74. The Balaban J connectivity index is 1.53. The minimum absolute atomic E-state index is 0.205. The second kappa shape index (κ2) is 5.56. The number of aryl methyl sites for hydroxylation is 1. The summed E-state index contributed by atoms with van der Waals surface area (Å²) in [5, 5.41) is 7.72. The van der Waals surface area contributed by atoms with E-state index in [-0.39, 0.29) is 5.91 Å². The minimum atomic E-state index is 0.205. The first-order valence-electron chi connectivity index (χ1n) is 7.66. The number of likely N-dealkylation sites (tertiary alicyclic amines) is 1. The van der Waals surface area contributed by atoms with E-state index in [0.29, 0.717) is 12.0 Å². The van der Waals surface area contributed by atoms with Crippen LogP contribution in [0.25, 0.3) is 0 Å². The number of aromatic nitrogens is 2. The smallest absolute Gasteiger partial charge is 0.244 e. The van der Waals surface area contributed by atoms with Gasteiger partial charge in [-0.3, -0.25) is 9.48 Å². The maximum Gasteiger partial charge on any atom is 0.244 e. The highest BCUT2D eigenvalue weighted by atomic mass is 16.2. The van der Waals surface area contributed by atoms with Gasteiger partial charge in [0, 0.05) is 19.3 Å². The van der Waals surface area contributed by atoms with Crippen molar-refractivity contribution in [2.24, 2.45) is 5.41 Å². The summed E-state index contributed by atoms with van der Waals surface area (Å²) in [4.78, 5) is 14.3. The highest BCUT2D eigenvalue weighted by molar-refractivity contribution is 5.76. The highest BCUT2D eigenvalue weighted by Gasteiger charge is 2.36. The highest BCUT2D eigenvalue weighted by Crippen LogP contribution is 2.39. The lowest BCUT2D eigenvalue weighted by Gasteiger charge is -2.44. The summed E-state index contributed by atoms with van der Waals surface area (Å²) in [6.07, 6.45) is 6.75. The Hall–Kier alpha value is -1.36. The Morgan fingerprint density at radius 2 is 2.00 bits per heavy atom. The molecule has 2 saturated heterocycles. The molecule has 1 amide bonds. The molecule has 1 N–H and O–H groups in total. The lowest BCUT2D eigenvalue weighted by Crippen LogP contribution is -2.47. The normalized spacial score (nSPS) is 22.1. The molecular weight excluding hydrogens is 252 g/mol. The van der Waals surface area contributed by atoms with Crippen LogP contribution in [0.4, 0.5) is 0 Å². The van der Waals surface area contributed by atoms with Crippen molar-refractivity contribution in [3.63, 3.8) is 0 Å². The van der Waals surface area contributed by atoms with Gasteiger partial charge in [0.1, 0.15) is 6.54 Å². The number of piperidine rings is 2. The third kappa shape index (κ3) is 2.87. The number of carbonyl (C=O) groups excluding carboxylic acids is 1. The molecule has 5 heteroatoms. The van der Waals surface area contributed by atoms with Crippen LogP contribution in [0, 0.1) is 12.3 Å². The molecule has 0 aromatic carbocycles. The number of amides is 1. The van der Waals surface area contributed by atoms with Crippen molar-refractivity contribution in [1.82, 2.24) is 20.0 Å². The second-order valence-electron chi connectivity index (χ2n) is 6.29. The summed E-state index contributed by atoms with van der Waals surface area (Å²) in [6.45, 7) is 6.43. The van der Waals surface area contributed by atoms with Crippen molar-refractivity contribution in [2.75, 3.05) is 26.2 Å². The summed E-state index contributed by atoms with van der Waals surface area (Å²) in [5.74, 6) is 0.205. The lowest BCUT2D eigenvalue weighted by molar-refractivity contribution is -0.134. The zero-order chi connectivity index (χ0) is 14.0. The second-order valence-corrected chi connectivity index (χ2v) is 6.29. The van der Waals surface area contributed by atoms with E-state index in [0.717, 1.165) is 31.9 Å². The Morgan fingerprint density at radius 3 is 2.60 bits per heavy atom. The molecule has 5 nitrogen and oxygen atoms in total. The number of rotatable bonds is 2. The van der Waals surface area contributed by atoms with Gasteiger partial charge in [0.2, 0.25) is 5.91 Å². The fraction of sp³-hybridized carbons (Fsp3) is 0.733. The maximum absolute atomic E-state index is 12.3. The van der Waals surface area contributed by atoms with Crippen molar-refractivity contribution in [3.05, 3.63) is 18.0 Å². The maximum atomic E-state index is 12.3. The molecule has 3 heterocycles. The van der Waals surface area contributed by atoms with Crippen LogP contribution in [-0.4, -0.2) is 46.8 Å². The number of nitrogens with zero attached hydrogens (tertiary/aromatic N) is 3. The van der Waals surface area contributed by atoms with E-state index in [1.807, 2.05) is 24.1 Å². The molecular formula is C15H24N4O. The fourth-order valence-electron chi connectivity index (χ4n) is 3.48. The van der Waals surface area contributed by atoms with Crippen LogP contribution in [-0.2, 0) is 11.3 Å². The molecule has 2 fully saturated rings. The van der Waals surface area contributed by atoms with Crippen molar-refractivity contribution >= 4 is 5.91 Å². The monoisotopic (exact) mass is 276 g/mol. The number of nitrogens with one attached hydrogen (secondary N) is 1. The Labute approximate surface area is 120 Å². The standard InChI is InChI=1S/C15H24N4O/c1-13-2-9-19(17-13)12-14(20)18-10-5-15(6-11-18)3-7-16-8-4-15/h2,9,16H,3-8,10-12H2,1H3. The van der Waals surface area contributed by atoms with Crippen molar-refractivity contribution in [2.45, 2.75) is 39.2 Å². The summed E-state index contributed by atoms with van der Waals surface area (Å²) in [5.41, 5.74) is 1.47. The van der Waals surface area contributed by atoms with Gasteiger partial charge in [-0.2, -0.15) is 5.10 Å². The minimum Gasteiger partial charge on any atom is -0.341 e. The Kier molecular flexibility index (Phi) is 3.78. The molecule has 1 aromatic heterocycles. The third-order valence-corrected chi connectivity index (χ3v) is 4.91. The Bertz CT molecular complexity index is 466. The number of carbonyl (C=O) groups is 1. The zero-order valence-electron chi connectivity index (χ0n) is 12.3. The van der Waals surface area contributed by atoms with Gasteiger partial charge in [0.05, 0.1) is 5.69 Å². The molecule has 20 heavy (non-hydrogen) atoms. The van der Waals surface area contributed by atoms with Gasteiger partial charge in [0.15, 0.2) is 0 Å². The zero-order valence-corrected chi connectivity index (χ0v) is 12.3. The van der Waals surface area contributed by atoms with Crippen LogP contribution in [0.1, 0.15) is 31.4 Å². The number of hydrogen-bond donors (Lipinski definition) is 1. The van der Waals surface area contributed by atoms with Gasteiger partial charge in [-0.15, -0.1) is 0 Å². The fourth-order valence-corrected chi connectivity index (χ4v) is 3.48. The van der Waals surface area contributed by atoms with E-state index >= 15 is 0 Å². The van der Waals surface area contributed by atoms with Crippen molar-refractivity contribution < 1.29 is 4.79 Å². The number of hydrogen-bond acceptors (Lipinski definition) is 3. The van der Waals surface area contributed by atoms with E-state index in [4.69, 9.17) is 0 Å². The topological polar surface area (TPSA) is 50.2 Å². The molecule has 0 radical (unpaired) electrons. The van der Waals surface area contributed by atoms with Crippen LogP contribution in [0.2, 0.25) is 0 Å².